The highest BCUT2D eigenvalue weighted by Gasteiger charge is 2.96. The van der Waals surface area contributed by atoms with Crippen molar-refractivity contribution in [1.29, 1.82) is 0 Å². The van der Waals surface area contributed by atoms with Crippen molar-refractivity contribution in [2.24, 2.45) is 0 Å². The Bertz CT molecular complexity index is 3690. The van der Waals surface area contributed by atoms with E-state index in [0.29, 0.717) is 18.3 Å². The Hall–Kier alpha value is -5.21. The Morgan fingerprint density at radius 3 is 1.62 bits per heavy atom. The van der Waals surface area contributed by atoms with Crippen LogP contribution in [0.5, 0.6) is 0 Å². The number of rotatable bonds is 5. The zero-order valence-electron chi connectivity index (χ0n) is 34.0. The number of fused-ring (bicyclic) bond motifs is 2. The van der Waals surface area contributed by atoms with Crippen molar-refractivity contribution >= 4 is 82.1 Å². The summed E-state index contributed by atoms with van der Waals surface area (Å²) < 4.78 is 5.43. The lowest BCUT2D eigenvalue weighted by Gasteiger charge is -2.41. The molecule has 2 heteroatoms. The number of ether oxygens (including phenoxy) is 1. The number of carbonyl (C=O) groups is 1. The summed E-state index contributed by atoms with van der Waals surface area (Å²) in [6.45, 7) is 0. The molecule has 1 fully saturated rings. The maximum atomic E-state index is 13.2. The fraction of sp³-hybridized carbons (Fsp3) is 0.362. The first-order valence-corrected chi connectivity index (χ1v) is 23.9. The van der Waals surface area contributed by atoms with Crippen LogP contribution in [0.2, 0.25) is 0 Å². The van der Waals surface area contributed by atoms with Gasteiger partial charge in [0, 0.05) is 22.7 Å². The molecular weight excluding hydrogens is 729 g/mol. The van der Waals surface area contributed by atoms with Crippen molar-refractivity contribution in [3.8, 4) is 0 Å². The summed E-state index contributed by atoms with van der Waals surface area (Å²) >= 11 is 0. The van der Waals surface area contributed by atoms with Crippen LogP contribution in [0.4, 0.5) is 0 Å². The molecular formula is C58H40O2. The lowest BCUT2D eigenvalue weighted by molar-refractivity contribution is -0.140. The van der Waals surface area contributed by atoms with Gasteiger partial charge in [-0.1, -0.05) is 52.6 Å². The highest BCUT2D eigenvalue weighted by molar-refractivity contribution is 6.48. The van der Waals surface area contributed by atoms with Gasteiger partial charge in [0.1, 0.15) is 0 Å². The van der Waals surface area contributed by atoms with Gasteiger partial charge in [-0.2, -0.15) is 0 Å². The Kier molecular flexibility index (Phi) is 3.94. The molecule has 13 aliphatic rings. The zero-order valence-corrected chi connectivity index (χ0v) is 34.0. The first kappa shape index (κ1) is 29.1. The van der Waals surface area contributed by atoms with Crippen molar-refractivity contribution in [2.45, 2.75) is 124 Å². The van der Waals surface area contributed by atoms with Crippen molar-refractivity contribution in [3.63, 3.8) is 0 Å². The molecule has 20 rings (SSSR count). The van der Waals surface area contributed by atoms with E-state index in [1.807, 2.05) is 33.4 Å². The Labute approximate surface area is 346 Å². The van der Waals surface area contributed by atoms with E-state index >= 15 is 0 Å². The van der Waals surface area contributed by atoms with Crippen molar-refractivity contribution < 1.29 is 9.53 Å². The summed E-state index contributed by atoms with van der Waals surface area (Å²) in [6, 6.07) is 12.1. The van der Waals surface area contributed by atoms with Gasteiger partial charge in [0.2, 0.25) is 0 Å². The first-order valence-electron chi connectivity index (χ1n) is 23.9. The summed E-state index contributed by atoms with van der Waals surface area (Å²) in [6.07, 6.45) is 17.3. The van der Waals surface area contributed by atoms with E-state index in [-0.39, 0.29) is 22.2 Å². The fourth-order valence-corrected chi connectivity index (χ4v) is 20.4. The molecule has 0 bridgehead atoms. The first-order chi connectivity index (χ1) is 29.7. The molecule has 2 unspecified atom stereocenters. The maximum absolute atomic E-state index is 13.2. The van der Waals surface area contributed by atoms with Crippen LogP contribution in [0.15, 0.2) is 63.8 Å². The van der Waals surface area contributed by atoms with Gasteiger partial charge in [-0.05, 0) is 250 Å². The van der Waals surface area contributed by atoms with E-state index in [1.165, 1.54) is 82.6 Å². The monoisotopic (exact) mass is 768 g/mol. The summed E-state index contributed by atoms with van der Waals surface area (Å²) in [7, 11) is 1.59. The maximum Gasteiger partial charge on any atom is 0.305 e. The third kappa shape index (κ3) is 2.18. The number of esters is 1. The Morgan fingerprint density at radius 2 is 1.08 bits per heavy atom. The van der Waals surface area contributed by atoms with Crippen molar-refractivity contribution in [1.82, 2.24) is 0 Å². The van der Waals surface area contributed by atoms with Crippen LogP contribution in [-0.4, -0.2) is 13.1 Å². The van der Waals surface area contributed by atoms with Crippen LogP contribution in [0.3, 0.4) is 0 Å². The molecule has 7 aromatic rings. The summed E-state index contributed by atoms with van der Waals surface area (Å²) in [5, 5.41) is 20.7. The second-order valence-corrected chi connectivity index (χ2v) is 22.1. The minimum Gasteiger partial charge on any atom is -0.469 e. The Morgan fingerprint density at radius 1 is 0.583 bits per heavy atom. The molecule has 0 heterocycles. The van der Waals surface area contributed by atoms with Crippen LogP contribution < -0.4 is 10.4 Å². The van der Waals surface area contributed by atoms with Crippen molar-refractivity contribution in [2.75, 3.05) is 7.11 Å². The molecule has 60 heavy (non-hydrogen) atoms. The van der Waals surface area contributed by atoms with Crippen LogP contribution in [0, 0.1) is 0 Å². The zero-order chi connectivity index (χ0) is 38.0. The van der Waals surface area contributed by atoms with Gasteiger partial charge in [0.25, 0.3) is 0 Å². The molecule has 0 saturated heterocycles. The molecule has 5 atom stereocenters. The van der Waals surface area contributed by atoms with Gasteiger partial charge in [0.05, 0.1) is 7.11 Å². The highest BCUT2D eigenvalue weighted by atomic mass is 16.5. The van der Waals surface area contributed by atoms with Gasteiger partial charge in [-0.15, -0.1) is 0 Å². The van der Waals surface area contributed by atoms with Crippen LogP contribution in [0.1, 0.15) is 145 Å². The smallest absolute Gasteiger partial charge is 0.305 e. The summed E-state index contributed by atoms with van der Waals surface area (Å²) in [4.78, 5) is 13.2. The largest absolute Gasteiger partial charge is 0.469 e. The average molecular weight is 769 g/mol. The van der Waals surface area contributed by atoms with Gasteiger partial charge in [0.15, 0.2) is 0 Å². The molecule has 284 valence electrons. The normalized spacial score (nSPS) is 32.1. The molecule has 0 aromatic heterocycles. The highest BCUT2D eigenvalue weighted by Crippen LogP contribution is 2.97. The number of allylic oxidation sites excluding steroid dienone is 8. The van der Waals surface area contributed by atoms with E-state index in [0.717, 1.165) is 12.8 Å². The Balaban J connectivity index is 1.16. The molecule has 0 aliphatic heterocycles. The molecule has 1 saturated carbocycles. The topological polar surface area (TPSA) is 26.3 Å². The number of hydrogen-bond acceptors (Lipinski definition) is 2. The van der Waals surface area contributed by atoms with Gasteiger partial charge in [-0.3, -0.25) is 4.79 Å². The molecule has 0 radical (unpaired) electrons. The second-order valence-electron chi connectivity index (χ2n) is 22.1. The fourth-order valence-electron chi connectivity index (χ4n) is 20.4. The molecule has 7 aromatic carbocycles. The van der Waals surface area contributed by atoms with Gasteiger partial charge >= 0.3 is 5.97 Å². The van der Waals surface area contributed by atoms with Gasteiger partial charge in [-0.25, -0.2) is 0 Å². The predicted molar refractivity (Wildman–Crippen MR) is 238 cm³/mol. The van der Waals surface area contributed by atoms with E-state index in [4.69, 9.17) is 4.74 Å². The second kappa shape index (κ2) is 8.13. The van der Waals surface area contributed by atoms with Crippen LogP contribution >= 0.6 is 0 Å². The lowest BCUT2D eigenvalue weighted by Crippen LogP contribution is -2.31. The third-order valence-corrected chi connectivity index (χ3v) is 21.1. The SMILES string of the molecule is COC(=O)CCCC1(c2ccccc2)[C@]23C4=C5CCC6=C4c4c7c8c9c%10c(c%11c%12c%13c%14c%15c%16c(c%17c(c42)c8c%10c%12c%14%17)[C@]13C1=C5CCC(=C1%16)C[C@H]%15CC=%13CC%11)CCC=9CC7C6. The van der Waals surface area contributed by atoms with E-state index in [2.05, 4.69) is 30.3 Å². The molecule has 13 aliphatic carbocycles. The minimum absolute atomic E-state index is 0.0556. The van der Waals surface area contributed by atoms with Crippen LogP contribution in [-0.2, 0) is 38.6 Å². The van der Waals surface area contributed by atoms with E-state index in [9.17, 15) is 4.79 Å². The third-order valence-electron chi connectivity index (χ3n) is 21.1. The number of hydrogen-bond donors (Lipinski definition) is 0. The van der Waals surface area contributed by atoms with E-state index in [1.54, 1.807) is 138 Å². The minimum atomic E-state index is -0.180. The molecule has 0 N–H and O–H groups in total. The quantitative estimate of drug-likeness (QED) is 0.129. The standard InChI is InChI=1S/C58H40O2/c1-60-33(59)8-5-17-56(28-6-3-2-4-7-28)57-52-31-15-11-24-20-26-18-22-9-13-29-30-14-10-23-19-27-21-25-12-16-32(31)53-39(25)49-37(27)43-35(23)41(30)45-44-40(29)34(22)42-36(26)48(38(24)52)54(57)50(46(42)44)51(47(43)45)55(49)58(53,56)57/h2-4,6-7,26-27H,5,8-21H2,1H3/t26-,27?,56?,57-,58+/m1/s1. The van der Waals surface area contributed by atoms with E-state index < -0.39 is 0 Å². The average Bonchev–Trinajstić information content (AvgIpc) is 3.76. The lowest BCUT2D eigenvalue weighted by atomic mass is 9.62. The number of aryl methyl sites for hydroxylation is 2. The summed E-state index contributed by atoms with van der Waals surface area (Å²) in [5.74, 6) is 1.15. The number of methoxy groups -OCH3 is 1. The summed E-state index contributed by atoms with van der Waals surface area (Å²) in [5.41, 5.74) is 33.2. The molecule has 2 nitrogen and oxygen atoms in total. The number of carbonyl (C=O) groups excluding carboxylic acids is 1. The van der Waals surface area contributed by atoms with Crippen LogP contribution in [0.25, 0.3) is 76.2 Å². The molecule has 2 spiro atoms. The van der Waals surface area contributed by atoms with Crippen molar-refractivity contribution in [3.05, 3.63) is 124 Å². The predicted octanol–water partition coefficient (Wildman–Crippen LogP) is 11.3. The number of benzene rings is 5. The molecule has 0 amide bonds. The van der Waals surface area contributed by atoms with Gasteiger partial charge < -0.3 is 4.74 Å².